The maximum Gasteiger partial charge on any atom is 0.262 e. The van der Waals surface area contributed by atoms with Crippen LogP contribution < -0.4 is 4.90 Å². The minimum Gasteiger partial charge on any atom is -0.315 e. The van der Waals surface area contributed by atoms with E-state index in [-0.39, 0.29) is 29.2 Å². The molecule has 2 saturated heterocycles. The number of nitrogens with zero attached hydrogens (tertiary/aromatic N) is 3. The minimum atomic E-state index is -3.09. The van der Waals surface area contributed by atoms with Gasteiger partial charge in [0.25, 0.3) is 5.91 Å². The smallest absolute Gasteiger partial charge is 0.262 e. The number of benzene rings is 1. The third-order valence-electron chi connectivity index (χ3n) is 4.35. The Morgan fingerprint density at radius 3 is 2.88 bits per heavy atom. The predicted molar refractivity (Wildman–Crippen MR) is 94.9 cm³/mol. The summed E-state index contributed by atoms with van der Waals surface area (Å²) in [6.45, 7) is 3.96. The van der Waals surface area contributed by atoms with Crippen LogP contribution in [0.2, 0.25) is 0 Å². The van der Waals surface area contributed by atoms with Gasteiger partial charge in [0, 0.05) is 10.9 Å². The topological polar surface area (TPSA) is 90.6 Å². The molecule has 2 heterocycles. The highest BCUT2D eigenvalue weighted by molar-refractivity contribution is 8.16. The fourth-order valence-corrected chi connectivity index (χ4v) is 6.98. The molecule has 24 heavy (non-hydrogen) atoms. The second kappa shape index (κ2) is 6.22. The summed E-state index contributed by atoms with van der Waals surface area (Å²) in [5.41, 5.74) is 2.99. The lowest BCUT2D eigenvalue weighted by Crippen LogP contribution is -2.38. The molecule has 1 amide bonds. The molecule has 0 unspecified atom stereocenters. The van der Waals surface area contributed by atoms with Gasteiger partial charge in [0.1, 0.15) is 6.42 Å². The molecule has 0 aliphatic carbocycles. The van der Waals surface area contributed by atoms with Gasteiger partial charge in [-0.25, -0.2) is 8.42 Å². The average Bonchev–Trinajstić information content (AvgIpc) is 2.94. The molecule has 2 aliphatic rings. The molecule has 0 N–H and O–H groups in total. The van der Waals surface area contributed by atoms with Gasteiger partial charge in [-0.1, -0.05) is 23.9 Å². The Kier molecular flexibility index (Phi) is 4.40. The monoisotopic (exact) mass is 363 g/mol. The van der Waals surface area contributed by atoms with Crippen molar-refractivity contribution in [3.8, 4) is 6.07 Å². The quantitative estimate of drug-likeness (QED) is 0.796. The summed E-state index contributed by atoms with van der Waals surface area (Å²) in [7, 11) is -3.09. The molecule has 8 heteroatoms. The van der Waals surface area contributed by atoms with Crippen molar-refractivity contribution in [2.24, 2.45) is 4.99 Å². The van der Waals surface area contributed by atoms with Gasteiger partial charge < -0.3 is 4.90 Å². The van der Waals surface area contributed by atoms with Crippen LogP contribution >= 0.6 is 11.8 Å². The number of aliphatic imine (C=N–C) groups is 1. The van der Waals surface area contributed by atoms with E-state index in [0.29, 0.717) is 5.17 Å². The number of amidine groups is 1. The van der Waals surface area contributed by atoms with Crippen LogP contribution in [0.25, 0.3) is 0 Å². The summed E-state index contributed by atoms with van der Waals surface area (Å²) in [5.74, 6) is -0.350. The van der Waals surface area contributed by atoms with E-state index in [0.717, 1.165) is 16.8 Å². The SMILES string of the molecule is Cc1cccc(N2C(=NC(=O)CC#N)S[C@H]3CS(=O)(=O)C[C@@H]32)c1C. The number of thioether (sulfide) groups is 1. The molecule has 1 aromatic carbocycles. The zero-order chi connectivity index (χ0) is 17.5. The number of carbonyl (C=O) groups excluding carboxylic acids is 1. The zero-order valence-electron chi connectivity index (χ0n) is 13.4. The normalized spacial score (nSPS) is 26.4. The van der Waals surface area contributed by atoms with Crippen molar-refractivity contribution >= 4 is 38.4 Å². The number of anilines is 1. The molecule has 1 aromatic rings. The zero-order valence-corrected chi connectivity index (χ0v) is 15.0. The lowest BCUT2D eigenvalue weighted by molar-refractivity contribution is -0.116. The number of hydrogen-bond acceptors (Lipinski definition) is 5. The van der Waals surface area contributed by atoms with Gasteiger partial charge >= 0.3 is 0 Å². The molecule has 3 rings (SSSR count). The van der Waals surface area contributed by atoms with Gasteiger partial charge in [0.15, 0.2) is 15.0 Å². The van der Waals surface area contributed by atoms with Crippen LogP contribution in [0.3, 0.4) is 0 Å². The minimum absolute atomic E-state index is 0.0590. The average molecular weight is 363 g/mol. The molecule has 0 bridgehead atoms. The molecular weight excluding hydrogens is 346 g/mol. The second-order valence-electron chi connectivity index (χ2n) is 6.01. The van der Waals surface area contributed by atoms with Gasteiger partial charge in [-0.2, -0.15) is 10.3 Å². The Morgan fingerprint density at radius 1 is 1.42 bits per heavy atom. The number of aryl methyl sites for hydroxylation is 1. The van der Waals surface area contributed by atoms with Crippen molar-refractivity contribution in [3.05, 3.63) is 29.3 Å². The van der Waals surface area contributed by atoms with E-state index in [9.17, 15) is 13.2 Å². The summed E-state index contributed by atoms with van der Waals surface area (Å²) in [5, 5.41) is 9.02. The lowest BCUT2D eigenvalue weighted by atomic mass is 10.1. The highest BCUT2D eigenvalue weighted by Gasteiger charge is 2.49. The van der Waals surface area contributed by atoms with E-state index in [4.69, 9.17) is 5.26 Å². The van der Waals surface area contributed by atoms with Crippen LogP contribution in [-0.2, 0) is 14.6 Å². The third kappa shape index (κ3) is 3.06. The Labute approximate surface area is 145 Å². The van der Waals surface area contributed by atoms with Crippen molar-refractivity contribution in [3.63, 3.8) is 0 Å². The molecular formula is C16H17N3O3S2. The third-order valence-corrected chi connectivity index (χ3v) is 7.56. The first-order valence-corrected chi connectivity index (χ1v) is 10.2. The molecule has 0 aromatic heterocycles. The number of nitriles is 1. The van der Waals surface area contributed by atoms with E-state index in [1.54, 1.807) is 6.07 Å². The summed E-state index contributed by atoms with van der Waals surface area (Å²) >= 11 is 1.32. The largest absolute Gasteiger partial charge is 0.315 e. The van der Waals surface area contributed by atoms with Crippen molar-refractivity contribution in [2.45, 2.75) is 31.6 Å². The van der Waals surface area contributed by atoms with Gasteiger partial charge in [0.2, 0.25) is 0 Å². The first-order valence-electron chi connectivity index (χ1n) is 7.53. The van der Waals surface area contributed by atoms with Gasteiger partial charge in [0.05, 0.1) is 23.6 Å². The van der Waals surface area contributed by atoms with Crippen LogP contribution in [0, 0.1) is 25.2 Å². The van der Waals surface area contributed by atoms with Crippen LogP contribution in [0.15, 0.2) is 23.2 Å². The Balaban J connectivity index is 2.07. The number of rotatable bonds is 2. The van der Waals surface area contributed by atoms with Crippen molar-refractivity contribution < 1.29 is 13.2 Å². The van der Waals surface area contributed by atoms with E-state index in [1.165, 1.54) is 11.8 Å². The number of carbonyl (C=O) groups is 1. The fraction of sp³-hybridized carbons (Fsp3) is 0.438. The summed E-state index contributed by atoms with van der Waals surface area (Å²) in [6.07, 6.45) is -0.279. The maximum atomic E-state index is 12.0. The Hall–Kier alpha value is -1.85. The van der Waals surface area contributed by atoms with Crippen LogP contribution in [0.1, 0.15) is 17.5 Å². The Bertz CT molecular complexity index is 871. The molecule has 0 saturated carbocycles. The molecule has 2 atom stereocenters. The van der Waals surface area contributed by atoms with Crippen molar-refractivity contribution in [1.29, 1.82) is 5.26 Å². The van der Waals surface area contributed by atoms with Gasteiger partial charge in [-0.3, -0.25) is 4.79 Å². The van der Waals surface area contributed by atoms with Crippen LogP contribution in [-0.4, -0.2) is 42.3 Å². The second-order valence-corrected chi connectivity index (χ2v) is 9.37. The lowest BCUT2D eigenvalue weighted by Gasteiger charge is -2.26. The first-order chi connectivity index (χ1) is 11.3. The van der Waals surface area contributed by atoms with E-state index in [2.05, 4.69) is 4.99 Å². The number of sulfone groups is 1. The van der Waals surface area contributed by atoms with E-state index >= 15 is 0 Å². The molecule has 126 valence electrons. The summed E-state index contributed by atoms with van der Waals surface area (Å²) in [6, 6.07) is 7.39. The molecule has 2 fully saturated rings. The highest BCUT2D eigenvalue weighted by atomic mass is 32.2. The van der Waals surface area contributed by atoms with Gasteiger partial charge in [-0.15, -0.1) is 0 Å². The van der Waals surface area contributed by atoms with Gasteiger partial charge in [-0.05, 0) is 31.0 Å². The fourth-order valence-electron chi connectivity index (χ4n) is 3.06. The first kappa shape index (κ1) is 17.0. The Morgan fingerprint density at radius 2 is 2.17 bits per heavy atom. The summed E-state index contributed by atoms with van der Waals surface area (Å²) in [4.78, 5) is 17.8. The van der Waals surface area contributed by atoms with Crippen molar-refractivity contribution in [1.82, 2.24) is 0 Å². The van der Waals surface area contributed by atoms with E-state index < -0.39 is 15.7 Å². The molecule has 0 radical (unpaired) electrons. The molecule has 0 spiro atoms. The van der Waals surface area contributed by atoms with Crippen LogP contribution in [0.4, 0.5) is 5.69 Å². The summed E-state index contributed by atoms with van der Waals surface area (Å²) < 4.78 is 24.0. The van der Waals surface area contributed by atoms with Crippen LogP contribution in [0.5, 0.6) is 0 Å². The number of amides is 1. The number of hydrogen-bond donors (Lipinski definition) is 0. The number of fused-ring (bicyclic) bond motifs is 1. The molecule has 6 nitrogen and oxygen atoms in total. The standard InChI is InChI=1S/C16H17N3O3S2/c1-10-4-3-5-12(11(10)2)19-13-8-24(21,22)9-14(13)23-16(19)18-15(20)6-7-17/h3-5,13-14H,6,8-9H2,1-2H3/t13-,14-/m0/s1. The highest BCUT2D eigenvalue weighted by Crippen LogP contribution is 2.42. The van der Waals surface area contributed by atoms with Crippen molar-refractivity contribution in [2.75, 3.05) is 16.4 Å². The predicted octanol–water partition coefficient (Wildman–Crippen LogP) is 1.82. The van der Waals surface area contributed by atoms with E-state index in [1.807, 2.05) is 36.9 Å². The maximum absolute atomic E-state index is 12.0. The molecule has 2 aliphatic heterocycles.